The van der Waals surface area contributed by atoms with Gasteiger partial charge in [0.05, 0.1) is 23.7 Å². The van der Waals surface area contributed by atoms with Crippen molar-refractivity contribution in [1.29, 1.82) is 0 Å². The number of anilines is 3. The molecule has 0 radical (unpaired) electrons. The number of carbonyl (C=O) groups is 1. The monoisotopic (exact) mass is 641 g/mol. The van der Waals surface area contributed by atoms with Crippen LogP contribution in [0.15, 0.2) is 35.1 Å². The Labute approximate surface area is 267 Å². The first-order chi connectivity index (χ1) is 21.5. The minimum absolute atomic E-state index is 0.00112. The molecule has 2 fully saturated rings. The topological polar surface area (TPSA) is 102 Å². The van der Waals surface area contributed by atoms with Crippen LogP contribution in [0.4, 0.5) is 21.6 Å². The summed E-state index contributed by atoms with van der Waals surface area (Å²) < 4.78 is 40.9. The quantitative estimate of drug-likeness (QED) is 0.335. The normalized spacial score (nSPS) is 21.8. The number of aromatic nitrogens is 2. The van der Waals surface area contributed by atoms with E-state index in [0.717, 1.165) is 89.0 Å². The first-order valence-electron chi connectivity index (χ1n) is 16.4. The lowest BCUT2D eigenvalue weighted by atomic mass is 9.82. The number of rotatable bonds is 10. The molecule has 0 N–H and O–H groups in total. The van der Waals surface area contributed by atoms with Gasteiger partial charge in [-0.2, -0.15) is 4.40 Å². The number of benzene rings is 1. The highest BCUT2D eigenvalue weighted by atomic mass is 32.2. The summed E-state index contributed by atoms with van der Waals surface area (Å²) in [6.45, 7) is 12.0. The Morgan fingerprint density at radius 2 is 1.76 bits per heavy atom. The van der Waals surface area contributed by atoms with E-state index in [2.05, 4.69) is 29.1 Å². The average molecular weight is 642 g/mol. The predicted octanol–water partition coefficient (Wildman–Crippen LogP) is 4.99. The lowest BCUT2D eigenvalue weighted by Gasteiger charge is -2.41. The van der Waals surface area contributed by atoms with Crippen LogP contribution in [0, 0.1) is 23.6 Å². The van der Waals surface area contributed by atoms with Crippen LogP contribution in [0.3, 0.4) is 0 Å². The van der Waals surface area contributed by atoms with Gasteiger partial charge in [0.1, 0.15) is 17.8 Å². The van der Waals surface area contributed by atoms with Crippen LogP contribution in [-0.2, 0) is 10.0 Å². The largest absolute Gasteiger partial charge is 0.353 e. The van der Waals surface area contributed by atoms with Crippen molar-refractivity contribution < 1.29 is 17.6 Å². The Morgan fingerprint density at radius 3 is 2.42 bits per heavy atom. The molecule has 0 bridgehead atoms. The van der Waals surface area contributed by atoms with Crippen molar-refractivity contribution in [1.82, 2.24) is 19.8 Å². The lowest BCUT2D eigenvalue weighted by Crippen LogP contribution is -2.45. The molecule has 3 aliphatic rings. The third-order valence-electron chi connectivity index (χ3n) is 9.62. The highest BCUT2D eigenvalue weighted by Crippen LogP contribution is 2.39. The molecular formula is C33H48FN7O3S. The van der Waals surface area contributed by atoms with Gasteiger partial charge in [-0.25, -0.2) is 22.8 Å². The van der Waals surface area contributed by atoms with Gasteiger partial charge in [0, 0.05) is 45.0 Å². The van der Waals surface area contributed by atoms with Crippen LogP contribution in [-0.4, -0.2) is 98.4 Å². The van der Waals surface area contributed by atoms with Crippen LogP contribution in [0.25, 0.3) is 0 Å². The van der Waals surface area contributed by atoms with E-state index < -0.39 is 15.8 Å². The van der Waals surface area contributed by atoms with Gasteiger partial charge in [-0.1, -0.05) is 0 Å². The Balaban J connectivity index is 1.19. The van der Waals surface area contributed by atoms with Crippen molar-refractivity contribution in [2.24, 2.45) is 22.2 Å². The first kappa shape index (κ1) is 33.2. The van der Waals surface area contributed by atoms with E-state index in [1.165, 1.54) is 12.1 Å². The SMILES string of the molecule is CCN(C(=O)c1cc(F)ccc1N1CCN(CC2CCN(CC3CCC(C=NS(C)(=O)=O)CC3)CC2)c2ncncc21)C(C)C. The molecule has 0 spiro atoms. The third kappa shape index (κ3) is 8.38. The zero-order valence-corrected chi connectivity index (χ0v) is 27.9. The summed E-state index contributed by atoms with van der Waals surface area (Å²) in [4.78, 5) is 31.4. The summed E-state index contributed by atoms with van der Waals surface area (Å²) in [6, 6.07) is 4.47. The van der Waals surface area contributed by atoms with Gasteiger partial charge in [0.2, 0.25) is 10.0 Å². The standard InChI is InChI=1S/C33H48FN7O3S/c1-5-40(24(2)3)33(42)29-18-28(34)10-11-30(29)41-17-16-39(32-31(41)20-35-23-36-32)22-27-12-14-38(15-13-27)21-26-8-6-25(7-9-26)19-37-45(4,43)44/h10-11,18-20,23-27H,5-9,12-17,21-22H2,1-4H3. The number of halogens is 1. The zero-order chi connectivity index (χ0) is 32.1. The van der Waals surface area contributed by atoms with Crippen LogP contribution in [0.2, 0.25) is 0 Å². The molecule has 0 atom stereocenters. The van der Waals surface area contributed by atoms with Gasteiger partial charge < -0.3 is 19.6 Å². The fraction of sp³-hybridized carbons (Fsp3) is 0.636. The molecule has 1 saturated carbocycles. The molecule has 1 amide bonds. The second-order valence-electron chi connectivity index (χ2n) is 13.2. The molecule has 1 saturated heterocycles. The van der Waals surface area contributed by atoms with Gasteiger partial charge in [-0.3, -0.25) is 4.79 Å². The molecule has 45 heavy (non-hydrogen) atoms. The number of piperidine rings is 1. The molecule has 246 valence electrons. The maximum absolute atomic E-state index is 14.5. The zero-order valence-electron chi connectivity index (χ0n) is 27.1. The van der Waals surface area contributed by atoms with E-state index in [-0.39, 0.29) is 17.9 Å². The van der Waals surface area contributed by atoms with Gasteiger partial charge in [-0.05, 0) is 108 Å². The molecule has 5 rings (SSSR count). The van der Waals surface area contributed by atoms with Crippen molar-refractivity contribution in [3.05, 3.63) is 42.1 Å². The summed E-state index contributed by atoms with van der Waals surface area (Å²) in [6.07, 6.45) is 12.7. The predicted molar refractivity (Wildman–Crippen MR) is 177 cm³/mol. The van der Waals surface area contributed by atoms with Crippen molar-refractivity contribution in [2.75, 3.05) is 61.9 Å². The smallest absolute Gasteiger partial charge is 0.256 e. The van der Waals surface area contributed by atoms with Crippen molar-refractivity contribution >= 4 is 39.3 Å². The van der Waals surface area contributed by atoms with Crippen molar-refractivity contribution in [3.63, 3.8) is 0 Å². The van der Waals surface area contributed by atoms with E-state index in [9.17, 15) is 17.6 Å². The summed E-state index contributed by atoms with van der Waals surface area (Å²) in [5.41, 5.74) is 1.88. The molecule has 12 heteroatoms. The summed E-state index contributed by atoms with van der Waals surface area (Å²) in [5, 5.41) is 0. The van der Waals surface area contributed by atoms with E-state index in [4.69, 9.17) is 0 Å². The van der Waals surface area contributed by atoms with Crippen molar-refractivity contribution in [2.45, 2.75) is 65.3 Å². The number of sulfonamides is 1. The number of nitrogens with zero attached hydrogens (tertiary/aromatic N) is 7. The van der Waals surface area contributed by atoms with Gasteiger partial charge in [0.25, 0.3) is 5.91 Å². The van der Waals surface area contributed by atoms with Crippen LogP contribution < -0.4 is 9.80 Å². The highest BCUT2D eigenvalue weighted by Gasteiger charge is 2.32. The second kappa shape index (κ2) is 14.5. The van der Waals surface area contributed by atoms with Gasteiger partial charge in [0.15, 0.2) is 5.82 Å². The first-order valence-corrected chi connectivity index (χ1v) is 18.3. The molecule has 1 aromatic carbocycles. The van der Waals surface area contributed by atoms with E-state index in [0.29, 0.717) is 36.2 Å². The van der Waals surface area contributed by atoms with E-state index in [1.54, 1.807) is 29.7 Å². The number of hydrogen-bond donors (Lipinski definition) is 0. The van der Waals surface area contributed by atoms with Crippen LogP contribution in [0.1, 0.15) is 69.7 Å². The van der Waals surface area contributed by atoms with E-state index in [1.807, 2.05) is 20.8 Å². The summed E-state index contributed by atoms with van der Waals surface area (Å²) in [5.74, 6) is 1.75. The van der Waals surface area contributed by atoms with Crippen LogP contribution >= 0.6 is 0 Å². The molecular weight excluding hydrogens is 593 g/mol. The Morgan fingerprint density at radius 1 is 1.04 bits per heavy atom. The Hall–Kier alpha value is -3.12. The van der Waals surface area contributed by atoms with Gasteiger partial charge in [-0.15, -0.1) is 0 Å². The fourth-order valence-corrected chi connectivity index (χ4v) is 7.58. The lowest BCUT2D eigenvalue weighted by molar-refractivity contribution is 0.0717. The average Bonchev–Trinajstić information content (AvgIpc) is 3.02. The minimum atomic E-state index is -3.30. The molecule has 2 aromatic rings. The Bertz CT molecular complexity index is 1450. The molecule has 1 aliphatic carbocycles. The number of hydrogen-bond acceptors (Lipinski definition) is 8. The Kier molecular flexibility index (Phi) is 10.7. The van der Waals surface area contributed by atoms with Gasteiger partial charge >= 0.3 is 0 Å². The molecule has 10 nitrogen and oxygen atoms in total. The summed E-state index contributed by atoms with van der Waals surface area (Å²) >= 11 is 0. The minimum Gasteiger partial charge on any atom is -0.353 e. The maximum atomic E-state index is 14.5. The number of carbonyl (C=O) groups excluding carboxylic acids is 1. The number of fused-ring (bicyclic) bond motifs is 1. The third-order valence-corrected chi connectivity index (χ3v) is 10.1. The van der Waals surface area contributed by atoms with Crippen molar-refractivity contribution in [3.8, 4) is 0 Å². The van der Waals surface area contributed by atoms with Crippen LogP contribution in [0.5, 0.6) is 0 Å². The maximum Gasteiger partial charge on any atom is 0.256 e. The van der Waals surface area contributed by atoms with E-state index >= 15 is 0 Å². The molecule has 0 unspecified atom stereocenters. The number of amides is 1. The second-order valence-corrected chi connectivity index (χ2v) is 14.9. The molecule has 3 heterocycles. The number of likely N-dealkylation sites (tertiary alicyclic amines) is 1. The highest BCUT2D eigenvalue weighted by molar-refractivity contribution is 7.89. The fourth-order valence-electron chi connectivity index (χ4n) is 7.18. The molecule has 1 aromatic heterocycles. The summed E-state index contributed by atoms with van der Waals surface area (Å²) in [7, 11) is -3.30. The molecule has 2 aliphatic heterocycles.